The number of aliphatic carboxylic acids is 1. The van der Waals surface area contributed by atoms with Crippen molar-refractivity contribution in [2.75, 3.05) is 0 Å². The van der Waals surface area contributed by atoms with Crippen molar-refractivity contribution in [3.8, 4) is 0 Å². The molecule has 0 saturated heterocycles. The van der Waals surface area contributed by atoms with Crippen molar-refractivity contribution in [1.29, 1.82) is 0 Å². The molecule has 1 heterocycles. The quantitative estimate of drug-likeness (QED) is 0.722. The summed E-state index contributed by atoms with van der Waals surface area (Å²) in [7, 11) is 0. The molecule has 0 aromatic carbocycles. The van der Waals surface area contributed by atoms with E-state index in [1.807, 2.05) is 0 Å². The molecule has 4 nitrogen and oxygen atoms in total. The minimum atomic E-state index is -0.602. The Kier molecular flexibility index (Phi) is 4.75. The lowest BCUT2D eigenvalue weighted by molar-refractivity contribution is -0.142. The predicted octanol–water partition coefficient (Wildman–Crippen LogP) is 2.06. The number of imidazole rings is 1. The minimum absolute atomic E-state index is 0.0289. The molecular formula is C10H16N2O2. The molecule has 1 aliphatic carbocycles. The Bertz CT molecular complexity index is 223. The Morgan fingerprint density at radius 3 is 2.36 bits per heavy atom. The van der Waals surface area contributed by atoms with Crippen molar-refractivity contribution in [3.63, 3.8) is 0 Å². The molecule has 1 fully saturated rings. The van der Waals surface area contributed by atoms with E-state index in [4.69, 9.17) is 5.11 Å². The average molecular weight is 196 g/mol. The van der Waals surface area contributed by atoms with Crippen LogP contribution in [0.15, 0.2) is 18.7 Å². The maximum atomic E-state index is 10.4. The van der Waals surface area contributed by atoms with Gasteiger partial charge in [0.2, 0.25) is 0 Å². The number of rotatable bonds is 1. The van der Waals surface area contributed by atoms with Crippen LogP contribution in [-0.4, -0.2) is 21.0 Å². The number of H-pyrrole nitrogens is 1. The summed E-state index contributed by atoms with van der Waals surface area (Å²) in [6.45, 7) is 0. The third-order valence-corrected chi connectivity index (χ3v) is 2.36. The zero-order valence-corrected chi connectivity index (χ0v) is 8.15. The van der Waals surface area contributed by atoms with Gasteiger partial charge in [0, 0.05) is 12.4 Å². The van der Waals surface area contributed by atoms with Crippen LogP contribution in [0.4, 0.5) is 0 Å². The zero-order valence-electron chi connectivity index (χ0n) is 8.15. The molecule has 4 heteroatoms. The summed E-state index contributed by atoms with van der Waals surface area (Å²) in [6.07, 6.45) is 10.3. The van der Waals surface area contributed by atoms with E-state index in [1.165, 1.54) is 6.42 Å². The third kappa shape index (κ3) is 4.07. The first-order chi connectivity index (χ1) is 6.80. The third-order valence-electron chi connectivity index (χ3n) is 2.36. The van der Waals surface area contributed by atoms with Crippen LogP contribution in [0.3, 0.4) is 0 Å². The highest BCUT2D eigenvalue weighted by molar-refractivity contribution is 5.69. The van der Waals surface area contributed by atoms with E-state index in [0.29, 0.717) is 0 Å². The van der Waals surface area contributed by atoms with Crippen molar-refractivity contribution in [2.45, 2.75) is 32.1 Å². The Labute approximate surface area is 83.4 Å². The van der Waals surface area contributed by atoms with Crippen LogP contribution in [0.2, 0.25) is 0 Å². The molecule has 0 radical (unpaired) electrons. The molecule has 0 atom stereocenters. The lowest BCUT2D eigenvalue weighted by Gasteiger charge is -2.16. The molecule has 1 saturated carbocycles. The SMILES string of the molecule is O=C(O)C1CCCCC1.c1c[nH]cn1. The van der Waals surface area contributed by atoms with Crippen molar-refractivity contribution < 1.29 is 9.90 Å². The van der Waals surface area contributed by atoms with Crippen molar-refractivity contribution in [1.82, 2.24) is 9.97 Å². The average Bonchev–Trinajstić information content (AvgIpc) is 2.77. The van der Waals surface area contributed by atoms with Gasteiger partial charge in [-0.1, -0.05) is 19.3 Å². The summed E-state index contributed by atoms with van der Waals surface area (Å²) in [5.41, 5.74) is 0. The molecule has 0 spiro atoms. The topological polar surface area (TPSA) is 66.0 Å². The van der Waals surface area contributed by atoms with Gasteiger partial charge in [0.1, 0.15) is 0 Å². The van der Waals surface area contributed by atoms with Crippen LogP contribution < -0.4 is 0 Å². The predicted molar refractivity (Wildman–Crippen MR) is 52.8 cm³/mol. The van der Waals surface area contributed by atoms with Gasteiger partial charge in [0.15, 0.2) is 0 Å². The lowest BCUT2D eigenvalue weighted by Crippen LogP contribution is -2.16. The summed E-state index contributed by atoms with van der Waals surface area (Å²) < 4.78 is 0. The van der Waals surface area contributed by atoms with Gasteiger partial charge in [0.05, 0.1) is 12.2 Å². The monoisotopic (exact) mass is 196 g/mol. The van der Waals surface area contributed by atoms with Gasteiger partial charge in [-0.3, -0.25) is 4.79 Å². The number of aromatic nitrogens is 2. The maximum absolute atomic E-state index is 10.4. The first-order valence-electron chi connectivity index (χ1n) is 4.96. The zero-order chi connectivity index (χ0) is 10.2. The van der Waals surface area contributed by atoms with E-state index in [2.05, 4.69) is 9.97 Å². The number of hydrogen-bond donors (Lipinski definition) is 2. The summed E-state index contributed by atoms with van der Waals surface area (Å²) in [4.78, 5) is 16.8. The number of carboxylic acid groups (broad SMARTS) is 1. The first-order valence-corrected chi connectivity index (χ1v) is 4.96. The number of nitrogens with one attached hydrogen (secondary N) is 1. The highest BCUT2D eigenvalue weighted by Crippen LogP contribution is 2.23. The molecule has 0 unspecified atom stereocenters. The Morgan fingerprint density at radius 1 is 1.36 bits per heavy atom. The van der Waals surface area contributed by atoms with E-state index in [9.17, 15) is 4.79 Å². The molecule has 2 rings (SSSR count). The van der Waals surface area contributed by atoms with Crippen molar-refractivity contribution >= 4 is 5.97 Å². The number of carboxylic acids is 1. The molecule has 1 aromatic heterocycles. The Hall–Kier alpha value is -1.32. The number of aromatic amines is 1. The maximum Gasteiger partial charge on any atom is 0.306 e. The van der Waals surface area contributed by atoms with Crippen LogP contribution in [0, 0.1) is 5.92 Å². The largest absolute Gasteiger partial charge is 0.481 e. The minimum Gasteiger partial charge on any atom is -0.481 e. The summed E-state index contributed by atoms with van der Waals surface area (Å²) in [5.74, 6) is -0.631. The van der Waals surface area contributed by atoms with Crippen LogP contribution in [0.1, 0.15) is 32.1 Å². The van der Waals surface area contributed by atoms with Crippen molar-refractivity contribution in [3.05, 3.63) is 18.7 Å². The smallest absolute Gasteiger partial charge is 0.306 e. The molecule has 0 bridgehead atoms. The Balaban J connectivity index is 0.000000165. The van der Waals surface area contributed by atoms with E-state index in [1.54, 1.807) is 18.7 Å². The fraction of sp³-hybridized carbons (Fsp3) is 0.600. The summed E-state index contributed by atoms with van der Waals surface area (Å²) in [5, 5.41) is 8.54. The van der Waals surface area contributed by atoms with Crippen LogP contribution >= 0.6 is 0 Å². The number of nitrogens with zero attached hydrogens (tertiary/aromatic N) is 1. The Morgan fingerprint density at radius 2 is 2.07 bits per heavy atom. The lowest BCUT2D eigenvalue weighted by atomic mass is 9.90. The second-order valence-electron chi connectivity index (χ2n) is 3.43. The fourth-order valence-electron chi connectivity index (χ4n) is 1.56. The first kappa shape index (κ1) is 10.8. The van der Waals surface area contributed by atoms with Gasteiger partial charge >= 0.3 is 5.97 Å². The van der Waals surface area contributed by atoms with Crippen molar-refractivity contribution in [2.24, 2.45) is 5.92 Å². The molecule has 78 valence electrons. The van der Waals surface area contributed by atoms with Gasteiger partial charge in [0.25, 0.3) is 0 Å². The molecule has 1 aromatic rings. The fourth-order valence-corrected chi connectivity index (χ4v) is 1.56. The standard InChI is InChI=1S/C7H12O2.C3H4N2/c8-7(9)6-4-2-1-3-5-6;1-2-5-3-4-1/h6H,1-5H2,(H,8,9);1-3H,(H,4,5). The molecular weight excluding hydrogens is 180 g/mol. The highest BCUT2D eigenvalue weighted by atomic mass is 16.4. The van der Waals surface area contributed by atoms with Crippen LogP contribution in [0.5, 0.6) is 0 Å². The van der Waals surface area contributed by atoms with Crippen LogP contribution in [-0.2, 0) is 4.79 Å². The van der Waals surface area contributed by atoms with Gasteiger partial charge in [-0.15, -0.1) is 0 Å². The molecule has 0 aliphatic heterocycles. The van der Waals surface area contributed by atoms with E-state index < -0.39 is 5.97 Å². The second kappa shape index (κ2) is 6.18. The molecule has 0 amide bonds. The molecule has 2 N–H and O–H groups in total. The highest BCUT2D eigenvalue weighted by Gasteiger charge is 2.19. The summed E-state index contributed by atoms with van der Waals surface area (Å²) >= 11 is 0. The van der Waals surface area contributed by atoms with Gasteiger partial charge in [-0.05, 0) is 12.8 Å². The normalized spacial score (nSPS) is 16.9. The number of hydrogen-bond acceptors (Lipinski definition) is 2. The second-order valence-corrected chi connectivity index (χ2v) is 3.43. The number of carbonyl (C=O) groups is 1. The van der Waals surface area contributed by atoms with E-state index in [0.717, 1.165) is 25.7 Å². The van der Waals surface area contributed by atoms with Gasteiger partial charge < -0.3 is 10.1 Å². The molecule has 14 heavy (non-hydrogen) atoms. The van der Waals surface area contributed by atoms with Crippen LogP contribution in [0.25, 0.3) is 0 Å². The molecule has 1 aliphatic rings. The van der Waals surface area contributed by atoms with Gasteiger partial charge in [-0.2, -0.15) is 0 Å². The van der Waals surface area contributed by atoms with E-state index >= 15 is 0 Å². The van der Waals surface area contributed by atoms with Gasteiger partial charge in [-0.25, -0.2) is 4.98 Å². The summed E-state index contributed by atoms with van der Waals surface area (Å²) in [6, 6.07) is 0. The van der Waals surface area contributed by atoms with E-state index in [-0.39, 0.29) is 5.92 Å².